The Labute approximate surface area is 298 Å². The minimum absolute atomic E-state index is 0.000803. The summed E-state index contributed by atoms with van der Waals surface area (Å²) >= 11 is 0. The van der Waals surface area contributed by atoms with Crippen LogP contribution in [0.25, 0.3) is 0 Å². The molecule has 0 spiro atoms. The molecule has 50 heavy (non-hydrogen) atoms. The van der Waals surface area contributed by atoms with E-state index in [1.54, 1.807) is 13.8 Å². The molecule has 3 N–H and O–H groups in total. The first-order chi connectivity index (χ1) is 23.2. The second-order valence-corrected chi connectivity index (χ2v) is 16.6. The van der Waals surface area contributed by atoms with E-state index in [9.17, 15) is 20.1 Å². The molecule has 5 atom stereocenters. The van der Waals surface area contributed by atoms with Crippen molar-refractivity contribution in [2.24, 2.45) is 22.2 Å². The smallest absolute Gasteiger partial charge is 0.200 e. The van der Waals surface area contributed by atoms with Crippen LogP contribution in [0, 0.1) is 22.2 Å². The Kier molecular flexibility index (Phi) is 11.3. The monoisotopic (exact) mass is 686 g/mol. The van der Waals surface area contributed by atoms with Crippen LogP contribution < -0.4 is 0 Å². The normalized spacial score (nSPS) is 28.0. The number of aromatic hydroxyl groups is 2. The van der Waals surface area contributed by atoms with Crippen LogP contribution in [-0.2, 0) is 14.3 Å². The molecule has 1 saturated carbocycles. The number of fused-ring (bicyclic) bond motifs is 1. The van der Waals surface area contributed by atoms with Gasteiger partial charge >= 0.3 is 0 Å². The fourth-order valence-corrected chi connectivity index (χ4v) is 8.39. The first-order valence-electron chi connectivity index (χ1n) is 18.1. The first kappa shape index (κ1) is 39.1. The van der Waals surface area contributed by atoms with Crippen LogP contribution in [0.15, 0.2) is 76.1 Å². The summed E-state index contributed by atoms with van der Waals surface area (Å²) in [5, 5.41) is 31.9. The van der Waals surface area contributed by atoms with Crippen molar-refractivity contribution in [2.45, 2.75) is 132 Å². The van der Waals surface area contributed by atoms with Gasteiger partial charge in [-0.1, -0.05) is 53.5 Å². The number of benzene rings is 1. The number of phenols is 2. The number of Topliss-reactive ketones (excluding diaryl/α,β-unsaturated/α-hetero) is 3. The summed E-state index contributed by atoms with van der Waals surface area (Å²) in [6.07, 6.45) is 11.8. The number of carbonyl (C=O) groups is 3. The number of ketones is 3. The number of ether oxygens (including phenoxy) is 1. The molecular weight excluding hydrogens is 628 g/mol. The van der Waals surface area contributed by atoms with Gasteiger partial charge in [0.2, 0.25) is 0 Å². The minimum Gasteiger partial charge on any atom is -0.504 e. The molecule has 1 aliphatic heterocycles. The largest absolute Gasteiger partial charge is 0.504 e. The van der Waals surface area contributed by atoms with Crippen molar-refractivity contribution in [2.75, 3.05) is 0 Å². The topological polar surface area (TPSA) is 121 Å². The van der Waals surface area contributed by atoms with E-state index in [2.05, 4.69) is 39.8 Å². The molecule has 0 aromatic heterocycles. The van der Waals surface area contributed by atoms with Crippen molar-refractivity contribution in [3.8, 4) is 11.5 Å². The van der Waals surface area contributed by atoms with Gasteiger partial charge in [-0.25, -0.2) is 0 Å². The Morgan fingerprint density at radius 1 is 0.920 bits per heavy atom. The molecule has 1 aromatic rings. The summed E-state index contributed by atoms with van der Waals surface area (Å²) in [6, 6.07) is 3.72. The molecule has 4 rings (SSSR count). The highest BCUT2D eigenvalue weighted by Crippen LogP contribution is 2.70. The molecule has 0 radical (unpaired) electrons. The predicted octanol–water partition coefficient (Wildman–Crippen LogP) is 9.43. The highest BCUT2D eigenvalue weighted by molar-refractivity contribution is 6.35. The third-order valence-corrected chi connectivity index (χ3v) is 11.5. The lowest BCUT2D eigenvalue weighted by Crippen LogP contribution is -2.67. The van der Waals surface area contributed by atoms with Gasteiger partial charge < -0.3 is 20.1 Å². The van der Waals surface area contributed by atoms with Crippen molar-refractivity contribution < 1.29 is 34.4 Å². The quantitative estimate of drug-likeness (QED) is 0.0659. The van der Waals surface area contributed by atoms with Crippen LogP contribution in [0.2, 0.25) is 0 Å². The second-order valence-electron chi connectivity index (χ2n) is 16.6. The number of hydrogen-bond donors (Lipinski definition) is 3. The molecule has 7 heteroatoms. The Balaban J connectivity index is 2.11. The van der Waals surface area contributed by atoms with E-state index >= 15 is 9.59 Å². The zero-order valence-corrected chi connectivity index (χ0v) is 31.8. The van der Waals surface area contributed by atoms with Gasteiger partial charge in [0.15, 0.2) is 28.8 Å². The molecule has 1 aromatic carbocycles. The van der Waals surface area contributed by atoms with Gasteiger partial charge in [0.05, 0.1) is 16.4 Å². The Morgan fingerprint density at radius 3 is 2.12 bits per heavy atom. The van der Waals surface area contributed by atoms with Crippen LogP contribution in [0.3, 0.4) is 0 Å². The zero-order valence-electron chi connectivity index (χ0n) is 31.8. The van der Waals surface area contributed by atoms with Gasteiger partial charge in [0, 0.05) is 5.56 Å². The molecule has 0 unspecified atom stereocenters. The molecule has 1 saturated heterocycles. The van der Waals surface area contributed by atoms with Gasteiger partial charge in [0.25, 0.3) is 0 Å². The summed E-state index contributed by atoms with van der Waals surface area (Å²) in [5.41, 5.74) is -0.732. The van der Waals surface area contributed by atoms with Crippen LogP contribution in [0.5, 0.6) is 11.5 Å². The minimum atomic E-state index is -1.52. The molecule has 2 bridgehead atoms. The number of allylic oxidation sites excluding steroid dienone is 10. The predicted molar refractivity (Wildman–Crippen MR) is 198 cm³/mol. The summed E-state index contributed by atoms with van der Waals surface area (Å²) in [4.78, 5) is 45.6. The number of rotatable bonds is 12. The molecule has 272 valence electrons. The number of aliphatic hydroxyl groups is 1. The van der Waals surface area contributed by atoms with E-state index in [1.165, 1.54) is 23.3 Å². The standard InChI is InChI=1S/C43H58O7/c1-26(2)12-11-13-29(7)14-16-31-25-42(22-18-27(3)4)37(47)35(36(46)30-15-17-32(44)33(45)24-30)38-43(39(42)48,23-19-28(5)6)41(31,10)21-20-34(50-38)40(8,9)49/h12,14-15,17-19,24,31,34,44-45,49H,11,13,16,20-23,25H2,1-10H3/b29-14+/t31-,34-,41+,42-,43-/m1/s1. The molecule has 3 aliphatic rings. The van der Waals surface area contributed by atoms with Crippen LogP contribution in [0.1, 0.15) is 131 Å². The highest BCUT2D eigenvalue weighted by atomic mass is 16.5. The van der Waals surface area contributed by atoms with E-state index < -0.39 is 51.0 Å². The van der Waals surface area contributed by atoms with Crippen molar-refractivity contribution in [1.82, 2.24) is 0 Å². The summed E-state index contributed by atoms with van der Waals surface area (Å²) in [5.74, 6) is -2.44. The first-order valence-corrected chi connectivity index (χ1v) is 18.1. The van der Waals surface area contributed by atoms with Crippen LogP contribution >= 0.6 is 0 Å². The average Bonchev–Trinajstić information content (AvgIpc) is 3.16. The summed E-state index contributed by atoms with van der Waals surface area (Å²) < 4.78 is 6.79. The van der Waals surface area contributed by atoms with E-state index in [1.807, 2.05) is 39.8 Å². The number of hydrogen-bond acceptors (Lipinski definition) is 7. The van der Waals surface area contributed by atoms with Crippen molar-refractivity contribution in [1.29, 1.82) is 0 Å². The maximum Gasteiger partial charge on any atom is 0.200 e. The molecular formula is C43H58O7. The van der Waals surface area contributed by atoms with Crippen molar-refractivity contribution in [3.05, 3.63) is 81.7 Å². The van der Waals surface area contributed by atoms with Crippen molar-refractivity contribution >= 4 is 17.3 Å². The summed E-state index contributed by atoms with van der Waals surface area (Å²) in [7, 11) is 0. The molecule has 0 amide bonds. The Bertz CT molecular complexity index is 1680. The van der Waals surface area contributed by atoms with Crippen LogP contribution in [0.4, 0.5) is 0 Å². The van der Waals surface area contributed by atoms with Crippen molar-refractivity contribution in [3.63, 3.8) is 0 Å². The van der Waals surface area contributed by atoms with Gasteiger partial charge in [-0.05, 0) is 143 Å². The van der Waals surface area contributed by atoms with Gasteiger partial charge in [-0.15, -0.1) is 0 Å². The van der Waals surface area contributed by atoms with E-state index in [4.69, 9.17) is 4.74 Å². The molecule has 1 heterocycles. The summed E-state index contributed by atoms with van der Waals surface area (Å²) in [6.45, 7) is 19.6. The fourth-order valence-electron chi connectivity index (χ4n) is 8.39. The molecule has 2 fully saturated rings. The van der Waals surface area contributed by atoms with E-state index in [0.29, 0.717) is 19.3 Å². The van der Waals surface area contributed by atoms with Gasteiger partial charge in [-0.2, -0.15) is 0 Å². The fraction of sp³-hybridized carbons (Fsp3) is 0.558. The van der Waals surface area contributed by atoms with E-state index in [0.717, 1.165) is 30.1 Å². The zero-order chi connectivity index (χ0) is 37.4. The SMILES string of the molecule is CC(C)=CCC/C(C)=C/C[C@@H]1C[C@]2(CC=C(C)C)C(=O)C(C(=O)c3ccc(O)c(O)c3)=C3O[C@@H](C(C)(C)O)CC[C@]1(C)[C@@]3(CC=C(C)C)C2=O. The molecule has 2 aliphatic carbocycles. The molecule has 7 nitrogen and oxygen atoms in total. The lowest BCUT2D eigenvalue weighted by atomic mass is 9.39. The lowest BCUT2D eigenvalue weighted by Gasteiger charge is -2.61. The van der Waals surface area contributed by atoms with Gasteiger partial charge in [-0.3, -0.25) is 14.4 Å². The maximum absolute atomic E-state index is 15.6. The average molecular weight is 687 g/mol. The lowest BCUT2D eigenvalue weighted by molar-refractivity contribution is -0.172. The van der Waals surface area contributed by atoms with E-state index in [-0.39, 0.29) is 47.9 Å². The van der Waals surface area contributed by atoms with Crippen LogP contribution in [-0.4, -0.2) is 44.4 Å². The number of carbonyl (C=O) groups excluding carboxylic acids is 3. The maximum atomic E-state index is 15.6. The number of phenolic OH excluding ortho intramolecular Hbond substituents is 2. The van der Waals surface area contributed by atoms with Gasteiger partial charge in [0.1, 0.15) is 17.4 Å². The third kappa shape index (κ3) is 7.08. The second kappa shape index (κ2) is 14.5. The Morgan fingerprint density at radius 2 is 1.54 bits per heavy atom. The third-order valence-electron chi connectivity index (χ3n) is 11.5. The Hall–Kier alpha value is -3.71. The highest BCUT2D eigenvalue weighted by Gasteiger charge is 2.74.